The van der Waals surface area contributed by atoms with Crippen LogP contribution in [0, 0.1) is 26.2 Å². The molecule has 13 heteroatoms. The maximum Gasteiger partial charge on any atom is 2.00 e. The van der Waals surface area contributed by atoms with Gasteiger partial charge in [0.05, 0.1) is 23.0 Å². The number of hydrogen-bond acceptors (Lipinski definition) is 4. The molecular formula is C23H18F6N6Pd. The summed E-state index contributed by atoms with van der Waals surface area (Å²) < 4.78 is 79.7. The summed E-state index contributed by atoms with van der Waals surface area (Å²) in [5.74, 6) is 0.262. The Kier molecular flexibility index (Phi) is 7.23. The van der Waals surface area contributed by atoms with Crippen LogP contribution in [0.3, 0.4) is 0 Å². The number of aryl methyl sites for hydroxylation is 2. The molecular weight excluding hydrogens is 581 g/mol. The van der Waals surface area contributed by atoms with Crippen LogP contribution in [-0.2, 0) is 38.2 Å². The number of aromatic nitrogens is 6. The third-order valence-electron chi connectivity index (χ3n) is 5.27. The van der Waals surface area contributed by atoms with E-state index in [1.54, 1.807) is 52.0 Å². The SMILES string of the molecule is Cc1cc(-n2[c-]cc(C(F)(F)F)n2)nc(C(C)(C)c2cc(C)cc(-n3[c-]cc(C(F)(F)F)n3)n2)c1.[Pd+2]. The van der Waals surface area contributed by atoms with Crippen molar-refractivity contribution in [3.63, 3.8) is 0 Å². The van der Waals surface area contributed by atoms with Crippen molar-refractivity contribution < 1.29 is 46.8 Å². The van der Waals surface area contributed by atoms with E-state index in [-0.39, 0.29) is 32.1 Å². The van der Waals surface area contributed by atoms with Gasteiger partial charge in [0.1, 0.15) is 0 Å². The van der Waals surface area contributed by atoms with Crippen LogP contribution in [0.5, 0.6) is 0 Å². The van der Waals surface area contributed by atoms with E-state index in [2.05, 4.69) is 32.6 Å². The van der Waals surface area contributed by atoms with Crippen LogP contribution in [-0.4, -0.2) is 29.5 Å². The molecule has 0 aliphatic rings. The predicted molar refractivity (Wildman–Crippen MR) is 112 cm³/mol. The van der Waals surface area contributed by atoms with Crippen molar-refractivity contribution in [2.45, 2.75) is 45.5 Å². The van der Waals surface area contributed by atoms with Gasteiger partial charge in [0, 0.05) is 16.8 Å². The minimum Gasteiger partial charge on any atom is -0.343 e. The summed E-state index contributed by atoms with van der Waals surface area (Å²) in [6, 6.07) is 8.11. The molecule has 0 bridgehead atoms. The molecule has 0 aliphatic heterocycles. The first-order valence-corrected chi connectivity index (χ1v) is 10.2. The quantitative estimate of drug-likeness (QED) is 0.179. The standard InChI is InChI=1S/C23H18F6N6.Pd/c1-13-9-17(30-19(11-13)34-7-5-15(32-34)22(24,25)26)21(3,4)18-10-14(2)12-20(31-18)35-8-6-16(33-35)23(27,28)29;/h5-6,9-12H,1-4H3;/q-2;+2. The summed E-state index contributed by atoms with van der Waals surface area (Å²) in [7, 11) is 0. The molecule has 36 heavy (non-hydrogen) atoms. The van der Waals surface area contributed by atoms with Crippen LogP contribution >= 0.6 is 0 Å². The zero-order chi connectivity index (χ0) is 25.8. The Bertz CT molecular complexity index is 1280. The maximum absolute atomic E-state index is 13.0. The molecule has 0 atom stereocenters. The van der Waals surface area contributed by atoms with E-state index in [0.29, 0.717) is 22.5 Å². The van der Waals surface area contributed by atoms with Crippen LogP contribution in [0.1, 0.15) is 47.8 Å². The normalized spacial score (nSPS) is 12.5. The number of pyridine rings is 2. The summed E-state index contributed by atoms with van der Waals surface area (Å²) in [5, 5.41) is 7.06. The molecule has 4 aromatic heterocycles. The monoisotopic (exact) mass is 598 g/mol. The minimum absolute atomic E-state index is 0. The third-order valence-corrected chi connectivity index (χ3v) is 5.27. The van der Waals surface area contributed by atoms with Crippen LogP contribution in [0.15, 0.2) is 36.4 Å². The molecule has 0 amide bonds. The fourth-order valence-electron chi connectivity index (χ4n) is 3.37. The molecule has 0 saturated heterocycles. The van der Waals surface area contributed by atoms with Gasteiger partial charge in [-0.2, -0.15) is 26.3 Å². The average Bonchev–Trinajstić information content (AvgIpc) is 3.42. The number of rotatable bonds is 4. The molecule has 0 saturated carbocycles. The summed E-state index contributed by atoms with van der Waals surface area (Å²) in [4.78, 5) is 9.00. The first-order chi connectivity index (χ1) is 16.1. The molecule has 192 valence electrons. The molecule has 0 aliphatic carbocycles. The Labute approximate surface area is 216 Å². The van der Waals surface area contributed by atoms with Gasteiger partial charge in [0.25, 0.3) is 0 Å². The predicted octanol–water partition coefficient (Wildman–Crippen LogP) is 5.43. The number of alkyl halides is 6. The summed E-state index contributed by atoms with van der Waals surface area (Å²) in [5.41, 5.74) is -0.733. The summed E-state index contributed by atoms with van der Waals surface area (Å²) in [6.45, 7) is 7.11. The second-order valence-corrected chi connectivity index (χ2v) is 8.54. The summed E-state index contributed by atoms with van der Waals surface area (Å²) in [6.07, 6.45) is -4.38. The van der Waals surface area contributed by atoms with E-state index in [0.717, 1.165) is 21.5 Å². The van der Waals surface area contributed by atoms with Crippen molar-refractivity contribution in [1.82, 2.24) is 29.5 Å². The average molecular weight is 599 g/mol. The van der Waals surface area contributed by atoms with Crippen molar-refractivity contribution in [1.29, 1.82) is 0 Å². The molecule has 6 nitrogen and oxygen atoms in total. The number of nitrogens with zero attached hydrogens (tertiary/aromatic N) is 6. The van der Waals surface area contributed by atoms with E-state index < -0.39 is 29.2 Å². The van der Waals surface area contributed by atoms with Gasteiger partial charge in [-0.05, 0) is 39.8 Å². The second kappa shape index (κ2) is 9.44. The molecule has 0 aromatic carbocycles. The molecule has 4 aromatic rings. The van der Waals surface area contributed by atoms with Gasteiger partial charge in [-0.3, -0.25) is 20.2 Å². The molecule has 4 heterocycles. The molecule has 0 unspecified atom stereocenters. The van der Waals surface area contributed by atoms with Crippen molar-refractivity contribution in [3.8, 4) is 11.6 Å². The number of halogens is 6. The van der Waals surface area contributed by atoms with Gasteiger partial charge < -0.3 is 9.36 Å². The van der Waals surface area contributed by atoms with Crippen molar-refractivity contribution >= 4 is 0 Å². The number of hydrogen-bond donors (Lipinski definition) is 0. The Morgan fingerprint density at radius 1 is 0.639 bits per heavy atom. The Balaban J connectivity index is 0.00000361. The van der Waals surface area contributed by atoms with Crippen LogP contribution in [0.25, 0.3) is 11.6 Å². The van der Waals surface area contributed by atoms with E-state index in [4.69, 9.17) is 0 Å². The van der Waals surface area contributed by atoms with Gasteiger partial charge >= 0.3 is 32.8 Å². The molecule has 0 fully saturated rings. The topological polar surface area (TPSA) is 61.4 Å². The summed E-state index contributed by atoms with van der Waals surface area (Å²) >= 11 is 0. The Morgan fingerprint density at radius 2 is 1.00 bits per heavy atom. The first-order valence-electron chi connectivity index (χ1n) is 10.2. The van der Waals surface area contributed by atoms with Crippen molar-refractivity contribution in [2.24, 2.45) is 0 Å². The van der Waals surface area contributed by atoms with Crippen molar-refractivity contribution in [3.05, 3.63) is 82.7 Å². The molecule has 4 rings (SSSR count). The van der Waals surface area contributed by atoms with Gasteiger partial charge in [0.2, 0.25) is 0 Å². The zero-order valence-corrected chi connectivity index (χ0v) is 20.8. The Hall–Kier alpha value is -3.04. The van der Waals surface area contributed by atoms with E-state index >= 15 is 0 Å². The fourth-order valence-corrected chi connectivity index (χ4v) is 3.37. The maximum atomic E-state index is 13.0. The largest absolute Gasteiger partial charge is 2.00 e. The van der Waals surface area contributed by atoms with Gasteiger partial charge in [0.15, 0.2) is 0 Å². The van der Waals surface area contributed by atoms with Crippen LogP contribution < -0.4 is 0 Å². The zero-order valence-electron chi connectivity index (χ0n) is 19.2. The molecule has 0 N–H and O–H groups in total. The Morgan fingerprint density at radius 3 is 1.31 bits per heavy atom. The van der Waals surface area contributed by atoms with Gasteiger partial charge in [-0.25, -0.2) is 0 Å². The second-order valence-electron chi connectivity index (χ2n) is 8.54. The minimum atomic E-state index is -4.62. The first kappa shape index (κ1) is 27.5. The smallest absolute Gasteiger partial charge is 0.343 e. The van der Waals surface area contributed by atoms with Crippen molar-refractivity contribution in [2.75, 3.05) is 0 Å². The van der Waals surface area contributed by atoms with E-state index in [1.165, 1.54) is 0 Å². The molecule has 0 radical (unpaired) electrons. The van der Waals surface area contributed by atoms with Crippen LogP contribution in [0.4, 0.5) is 26.3 Å². The molecule has 0 spiro atoms. The van der Waals surface area contributed by atoms with E-state index in [9.17, 15) is 26.3 Å². The van der Waals surface area contributed by atoms with Gasteiger partial charge in [-0.1, -0.05) is 35.7 Å². The third kappa shape index (κ3) is 5.52. The fraction of sp³-hybridized carbons (Fsp3) is 0.304. The van der Waals surface area contributed by atoms with E-state index in [1.807, 2.05) is 0 Å². The van der Waals surface area contributed by atoms with Gasteiger partial charge in [-0.15, -0.1) is 12.1 Å². The van der Waals surface area contributed by atoms with Crippen LogP contribution in [0.2, 0.25) is 0 Å².